The summed E-state index contributed by atoms with van der Waals surface area (Å²) >= 11 is 0. The van der Waals surface area contributed by atoms with Crippen molar-refractivity contribution in [1.82, 2.24) is 4.98 Å². The Morgan fingerprint density at radius 3 is 2.74 bits per heavy atom. The van der Waals surface area contributed by atoms with E-state index in [0.29, 0.717) is 0 Å². The van der Waals surface area contributed by atoms with Gasteiger partial charge < -0.3 is 4.98 Å². The maximum atomic E-state index is 3.95. The summed E-state index contributed by atoms with van der Waals surface area (Å²) in [6.45, 7) is 8.66. The fourth-order valence-corrected chi connectivity index (χ4v) is 2.57. The summed E-state index contributed by atoms with van der Waals surface area (Å²) in [5, 5.41) is 2.51. The number of aromatic nitrogens is 2. The van der Waals surface area contributed by atoms with Gasteiger partial charge in [0.15, 0.2) is 12.7 Å². The molecule has 94 valence electrons. The molecule has 0 atom stereocenters. The summed E-state index contributed by atoms with van der Waals surface area (Å²) in [6.07, 6.45) is 6.94. The van der Waals surface area contributed by atoms with E-state index in [-0.39, 0.29) is 0 Å². The summed E-state index contributed by atoms with van der Waals surface area (Å²) in [5.41, 5.74) is 3.46. The molecule has 19 heavy (non-hydrogen) atoms. The topological polar surface area (TPSA) is 19.7 Å². The second kappa shape index (κ2) is 4.73. The minimum atomic E-state index is 0.927. The highest BCUT2D eigenvalue weighted by molar-refractivity contribution is 6.08. The third-order valence-electron chi connectivity index (χ3n) is 3.50. The molecule has 2 nitrogen and oxygen atoms in total. The van der Waals surface area contributed by atoms with E-state index in [4.69, 9.17) is 0 Å². The van der Waals surface area contributed by atoms with Gasteiger partial charge in [-0.2, -0.15) is 4.57 Å². The number of rotatable bonds is 4. The van der Waals surface area contributed by atoms with Crippen LogP contribution in [0.5, 0.6) is 0 Å². The first-order valence-electron chi connectivity index (χ1n) is 6.51. The van der Waals surface area contributed by atoms with Crippen molar-refractivity contribution in [2.45, 2.75) is 13.0 Å². The summed E-state index contributed by atoms with van der Waals surface area (Å²) in [6, 6.07) is 10.6. The molecule has 0 spiro atoms. The highest BCUT2D eigenvalue weighted by Crippen LogP contribution is 2.26. The Hall–Kier alpha value is -2.35. The summed E-state index contributed by atoms with van der Waals surface area (Å²) in [4.78, 5) is 3.50. The van der Waals surface area contributed by atoms with Crippen LogP contribution < -0.4 is 4.57 Å². The monoisotopic (exact) mass is 249 g/mol. The molecule has 0 aliphatic rings. The van der Waals surface area contributed by atoms with Crippen LogP contribution in [0.3, 0.4) is 0 Å². The quantitative estimate of drug-likeness (QED) is 0.535. The third kappa shape index (κ3) is 1.85. The molecule has 1 aromatic carbocycles. The molecule has 0 unspecified atom stereocenters. The van der Waals surface area contributed by atoms with Crippen LogP contribution in [0.4, 0.5) is 0 Å². The summed E-state index contributed by atoms with van der Waals surface area (Å²) in [5.74, 6) is 0. The number of H-pyrrole nitrogens is 1. The maximum Gasteiger partial charge on any atom is 0.228 e. The van der Waals surface area contributed by atoms with Gasteiger partial charge in [-0.05, 0) is 6.07 Å². The van der Waals surface area contributed by atoms with Crippen molar-refractivity contribution < 1.29 is 4.57 Å². The predicted molar refractivity (Wildman–Crippen MR) is 80.9 cm³/mol. The molecule has 2 heterocycles. The van der Waals surface area contributed by atoms with E-state index < -0.39 is 0 Å². The number of aromatic amines is 1. The van der Waals surface area contributed by atoms with Gasteiger partial charge in [-0.25, -0.2) is 0 Å². The number of para-hydroxylation sites is 1. The Labute approximate surface area is 112 Å². The van der Waals surface area contributed by atoms with Crippen molar-refractivity contribution in [3.05, 3.63) is 61.5 Å². The van der Waals surface area contributed by atoms with Crippen LogP contribution in [0, 0.1) is 0 Å². The second-order valence-corrected chi connectivity index (χ2v) is 4.64. The molecule has 0 fully saturated rings. The minimum absolute atomic E-state index is 0.927. The van der Waals surface area contributed by atoms with Crippen molar-refractivity contribution in [3.63, 3.8) is 0 Å². The fraction of sp³-hybridized carbons (Fsp3) is 0.118. The molecule has 0 aliphatic heterocycles. The van der Waals surface area contributed by atoms with Gasteiger partial charge in [-0.3, -0.25) is 0 Å². The zero-order valence-corrected chi connectivity index (χ0v) is 10.9. The van der Waals surface area contributed by atoms with E-state index in [1.807, 2.05) is 12.2 Å². The van der Waals surface area contributed by atoms with E-state index in [1.165, 1.54) is 16.3 Å². The van der Waals surface area contributed by atoms with Crippen LogP contribution in [0.2, 0.25) is 0 Å². The normalized spacial score (nSPS) is 10.9. The van der Waals surface area contributed by atoms with E-state index in [1.54, 1.807) is 0 Å². The van der Waals surface area contributed by atoms with Crippen molar-refractivity contribution >= 4 is 27.9 Å². The van der Waals surface area contributed by atoms with Gasteiger partial charge in [0.25, 0.3) is 0 Å². The van der Waals surface area contributed by atoms with Gasteiger partial charge in [0.1, 0.15) is 5.52 Å². The first-order chi connectivity index (χ1) is 9.35. The van der Waals surface area contributed by atoms with Crippen LogP contribution in [0.25, 0.3) is 27.9 Å². The molecule has 3 rings (SSSR count). The van der Waals surface area contributed by atoms with Crippen LogP contribution in [-0.4, -0.2) is 4.98 Å². The van der Waals surface area contributed by atoms with Crippen LogP contribution in [0.15, 0.2) is 55.8 Å². The van der Waals surface area contributed by atoms with Crippen molar-refractivity contribution in [1.29, 1.82) is 0 Å². The molecule has 0 saturated heterocycles. The van der Waals surface area contributed by atoms with E-state index in [0.717, 1.165) is 24.2 Å². The SMILES string of the molecule is C=CCC[n+]1ccc2c([nH]c3ccccc32)c1C=C. The van der Waals surface area contributed by atoms with Gasteiger partial charge >= 0.3 is 0 Å². The third-order valence-corrected chi connectivity index (χ3v) is 3.50. The maximum absolute atomic E-state index is 3.95. The van der Waals surface area contributed by atoms with Gasteiger partial charge in [0.05, 0.1) is 0 Å². The van der Waals surface area contributed by atoms with Gasteiger partial charge in [0.2, 0.25) is 5.69 Å². The number of aryl methyl sites for hydroxylation is 1. The molecule has 0 bridgehead atoms. The van der Waals surface area contributed by atoms with E-state index in [2.05, 4.69) is 59.2 Å². The Balaban J connectivity index is 2.30. The van der Waals surface area contributed by atoms with Crippen molar-refractivity contribution in [2.75, 3.05) is 0 Å². The molecule has 0 saturated carbocycles. The lowest BCUT2D eigenvalue weighted by Gasteiger charge is -2.00. The second-order valence-electron chi connectivity index (χ2n) is 4.64. The van der Waals surface area contributed by atoms with Gasteiger partial charge in [-0.1, -0.05) is 30.9 Å². The molecule has 1 N–H and O–H groups in total. The lowest BCUT2D eigenvalue weighted by atomic mass is 10.1. The Morgan fingerprint density at radius 2 is 1.95 bits per heavy atom. The zero-order valence-electron chi connectivity index (χ0n) is 10.9. The summed E-state index contributed by atoms with van der Waals surface area (Å²) in [7, 11) is 0. The Kier molecular flexibility index (Phi) is 2.92. The van der Waals surface area contributed by atoms with Crippen molar-refractivity contribution in [2.24, 2.45) is 0 Å². The number of benzene rings is 1. The van der Waals surface area contributed by atoms with Gasteiger partial charge in [0, 0.05) is 34.9 Å². The van der Waals surface area contributed by atoms with Crippen LogP contribution in [0.1, 0.15) is 12.1 Å². The lowest BCUT2D eigenvalue weighted by molar-refractivity contribution is -0.696. The molecular weight excluding hydrogens is 232 g/mol. The average Bonchev–Trinajstić information content (AvgIpc) is 2.83. The highest BCUT2D eigenvalue weighted by Gasteiger charge is 2.15. The molecular formula is C17H17N2+. The number of fused-ring (bicyclic) bond motifs is 3. The first-order valence-corrected chi connectivity index (χ1v) is 6.51. The number of hydrogen-bond donors (Lipinski definition) is 1. The molecule has 2 aromatic heterocycles. The molecule has 3 aromatic rings. The van der Waals surface area contributed by atoms with E-state index in [9.17, 15) is 0 Å². The number of nitrogens with zero attached hydrogens (tertiary/aromatic N) is 1. The van der Waals surface area contributed by atoms with Crippen molar-refractivity contribution in [3.8, 4) is 0 Å². The minimum Gasteiger partial charge on any atom is -0.349 e. The lowest BCUT2D eigenvalue weighted by Crippen LogP contribution is -2.36. The van der Waals surface area contributed by atoms with Crippen LogP contribution in [-0.2, 0) is 6.54 Å². The Bertz CT molecular complexity index is 765. The number of nitrogens with one attached hydrogen (secondary N) is 1. The van der Waals surface area contributed by atoms with Crippen LogP contribution >= 0.6 is 0 Å². The first kappa shape index (κ1) is 11.7. The number of allylic oxidation sites excluding steroid dienone is 1. The molecule has 0 aliphatic carbocycles. The number of hydrogen-bond acceptors (Lipinski definition) is 0. The smallest absolute Gasteiger partial charge is 0.228 e. The zero-order chi connectivity index (χ0) is 13.2. The average molecular weight is 249 g/mol. The van der Waals surface area contributed by atoms with E-state index >= 15 is 0 Å². The molecule has 0 radical (unpaired) electrons. The predicted octanol–water partition coefficient (Wildman–Crippen LogP) is 3.83. The fourth-order valence-electron chi connectivity index (χ4n) is 2.57. The number of pyridine rings is 1. The molecule has 0 amide bonds. The van der Waals surface area contributed by atoms with Gasteiger partial charge in [-0.15, -0.1) is 6.58 Å². The highest BCUT2D eigenvalue weighted by atomic mass is 15.0. The molecule has 2 heteroatoms. The standard InChI is InChI=1S/C17H16N2/c1-3-5-11-19-12-10-14-13-8-6-7-9-15(13)18-17(14)16(19)4-2/h3-4,6-10,12H,1-2,5,11H2/p+1. The largest absolute Gasteiger partial charge is 0.349 e. The summed E-state index contributed by atoms with van der Waals surface area (Å²) < 4.78 is 2.21. The Morgan fingerprint density at radius 1 is 1.11 bits per heavy atom.